The summed E-state index contributed by atoms with van der Waals surface area (Å²) in [6.07, 6.45) is 3.04. The van der Waals surface area contributed by atoms with Crippen LogP contribution in [0.15, 0.2) is 0 Å². The summed E-state index contributed by atoms with van der Waals surface area (Å²) >= 11 is 0. The highest BCUT2D eigenvalue weighted by atomic mass is 32.2. The normalized spacial score (nSPS) is 14.4. The number of sulfonamides is 1. The Hall–Kier alpha value is -0.170. The molecule has 1 N–H and O–H groups in total. The Morgan fingerprint density at radius 1 is 1.11 bits per heavy atom. The second-order valence-electron chi connectivity index (χ2n) is 4.70. The van der Waals surface area contributed by atoms with E-state index in [1.807, 2.05) is 13.8 Å². The highest BCUT2D eigenvalue weighted by Gasteiger charge is 2.15. The third kappa shape index (κ3) is 9.82. The van der Waals surface area contributed by atoms with Crippen molar-refractivity contribution >= 4 is 10.0 Å². The topological polar surface area (TPSA) is 64.6 Å². The van der Waals surface area contributed by atoms with Crippen molar-refractivity contribution < 1.29 is 17.9 Å². The summed E-state index contributed by atoms with van der Waals surface area (Å²) in [5, 5.41) is 0. The first-order valence-electron chi connectivity index (χ1n) is 6.50. The van der Waals surface area contributed by atoms with Gasteiger partial charge in [-0.3, -0.25) is 0 Å². The lowest BCUT2D eigenvalue weighted by atomic mass is 10.2. The molecule has 0 bridgehead atoms. The van der Waals surface area contributed by atoms with Gasteiger partial charge in [-0.2, -0.15) is 0 Å². The lowest BCUT2D eigenvalue weighted by Gasteiger charge is -2.23. The molecule has 0 heterocycles. The third-order valence-corrected chi connectivity index (χ3v) is 3.16. The lowest BCUT2D eigenvalue weighted by Crippen LogP contribution is -2.38. The summed E-state index contributed by atoms with van der Waals surface area (Å²) in [6, 6.07) is 0. The van der Waals surface area contributed by atoms with E-state index in [-0.39, 0.29) is 24.9 Å². The van der Waals surface area contributed by atoms with Gasteiger partial charge in [-0.1, -0.05) is 13.8 Å². The van der Waals surface area contributed by atoms with Crippen LogP contribution in [0.25, 0.3) is 0 Å². The lowest BCUT2D eigenvalue weighted by molar-refractivity contribution is -0.0635. The molecule has 1 unspecified atom stereocenters. The number of nitrogens with one attached hydrogen (secondary N) is 1. The fraction of sp³-hybridized carbons (Fsp3) is 1.00. The highest BCUT2D eigenvalue weighted by Crippen LogP contribution is 2.06. The average Bonchev–Trinajstić information content (AvgIpc) is 2.25. The van der Waals surface area contributed by atoms with Crippen molar-refractivity contribution in [3.63, 3.8) is 0 Å². The zero-order valence-corrected chi connectivity index (χ0v) is 12.9. The molecule has 0 saturated heterocycles. The molecule has 18 heavy (non-hydrogen) atoms. The van der Waals surface area contributed by atoms with Crippen LogP contribution in [0, 0.1) is 0 Å². The zero-order valence-electron chi connectivity index (χ0n) is 12.1. The minimum absolute atomic E-state index is 0.0432. The van der Waals surface area contributed by atoms with Gasteiger partial charge in [-0.15, -0.1) is 0 Å². The van der Waals surface area contributed by atoms with Crippen LogP contribution >= 0.6 is 0 Å². The number of rotatable bonds is 10. The molecule has 0 aliphatic rings. The first-order valence-corrected chi connectivity index (χ1v) is 8.39. The van der Waals surface area contributed by atoms with Gasteiger partial charge in [0.2, 0.25) is 10.0 Å². The molecule has 0 saturated carbocycles. The van der Waals surface area contributed by atoms with Gasteiger partial charge in [0.25, 0.3) is 0 Å². The molecular formula is C12H27NO4S. The van der Waals surface area contributed by atoms with Gasteiger partial charge in [0.15, 0.2) is 0 Å². The molecule has 5 nitrogen and oxygen atoms in total. The Morgan fingerprint density at radius 3 is 2.06 bits per heavy atom. The van der Waals surface area contributed by atoms with Crippen molar-refractivity contribution in [1.82, 2.24) is 4.72 Å². The van der Waals surface area contributed by atoms with Gasteiger partial charge >= 0.3 is 0 Å². The maximum absolute atomic E-state index is 11.1. The van der Waals surface area contributed by atoms with Crippen LogP contribution in [-0.2, 0) is 19.5 Å². The smallest absolute Gasteiger partial charge is 0.208 e. The van der Waals surface area contributed by atoms with Crippen LogP contribution in [0.4, 0.5) is 0 Å². The van der Waals surface area contributed by atoms with E-state index in [4.69, 9.17) is 9.47 Å². The Morgan fingerprint density at radius 2 is 1.67 bits per heavy atom. The molecule has 1 atom stereocenters. The minimum Gasteiger partial charge on any atom is -0.375 e. The van der Waals surface area contributed by atoms with Crippen molar-refractivity contribution in [2.24, 2.45) is 0 Å². The maximum atomic E-state index is 11.1. The Labute approximate surface area is 111 Å². The van der Waals surface area contributed by atoms with Crippen molar-refractivity contribution in [1.29, 1.82) is 0 Å². The Kier molecular flexibility index (Phi) is 8.77. The summed E-state index contributed by atoms with van der Waals surface area (Å²) < 4.78 is 35.9. The Balaban J connectivity index is 4.22. The molecule has 0 aromatic heterocycles. The van der Waals surface area contributed by atoms with Crippen LogP contribution in [0.3, 0.4) is 0 Å². The second kappa shape index (κ2) is 8.85. The Bertz CT molecular complexity index is 299. The molecule has 0 aliphatic heterocycles. The number of hydrogen-bond acceptors (Lipinski definition) is 4. The van der Waals surface area contributed by atoms with Crippen molar-refractivity contribution in [3.05, 3.63) is 0 Å². The summed E-state index contributed by atoms with van der Waals surface area (Å²) in [5.74, 6) is 0. The predicted molar refractivity (Wildman–Crippen MR) is 73.2 cm³/mol. The van der Waals surface area contributed by atoms with Crippen LogP contribution in [-0.4, -0.2) is 46.1 Å². The van der Waals surface area contributed by atoms with E-state index in [2.05, 4.69) is 18.6 Å². The van der Waals surface area contributed by atoms with Gasteiger partial charge in [0.1, 0.15) is 0 Å². The molecule has 0 radical (unpaired) electrons. The number of ether oxygens (including phenoxy) is 2. The van der Waals surface area contributed by atoms with Crippen molar-refractivity contribution in [3.8, 4) is 0 Å². The first kappa shape index (κ1) is 17.8. The summed E-state index contributed by atoms with van der Waals surface area (Å²) in [5.41, 5.74) is 0. The van der Waals surface area contributed by atoms with Crippen LogP contribution < -0.4 is 4.72 Å². The quantitative estimate of drug-likeness (QED) is 0.659. The molecule has 6 heteroatoms. The van der Waals surface area contributed by atoms with Crippen molar-refractivity contribution in [2.75, 3.05) is 19.4 Å². The monoisotopic (exact) mass is 281 g/mol. The van der Waals surface area contributed by atoms with Gasteiger partial charge in [0, 0.05) is 6.54 Å². The molecule has 0 fully saturated rings. The standard InChI is InChI=1S/C12H27NO4S/c1-6-11(7-2)16-9-12(17-10(3)4)8-13-18(5,14)15/h10-13H,6-9H2,1-5H3. The number of hydrogen-bond donors (Lipinski definition) is 1. The predicted octanol–water partition coefficient (Wildman–Crippen LogP) is 1.53. The van der Waals surface area contributed by atoms with E-state index in [0.717, 1.165) is 19.1 Å². The molecule has 0 spiro atoms. The maximum Gasteiger partial charge on any atom is 0.208 e. The molecular weight excluding hydrogens is 254 g/mol. The van der Waals surface area contributed by atoms with Gasteiger partial charge < -0.3 is 9.47 Å². The molecule has 0 aromatic rings. The van der Waals surface area contributed by atoms with Crippen LogP contribution in [0.5, 0.6) is 0 Å². The van der Waals surface area contributed by atoms with E-state index in [1.165, 1.54) is 0 Å². The third-order valence-electron chi connectivity index (χ3n) is 2.47. The van der Waals surface area contributed by atoms with Crippen LogP contribution in [0.1, 0.15) is 40.5 Å². The van der Waals surface area contributed by atoms with Gasteiger partial charge in [-0.25, -0.2) is 13.1 Å². The second-order valence-corrected chi connectivity index (χ2v) is 6.53. The molecule has 0 rings (SSSR count). The van der Waals surface area contributed by atoms with Gasteiger partial charge in [0.05, 0.1) is 31.2 Å². The zero-order chi connectivity index (χ0) is 14.2. The van der Waals surface area contributed by atoms with E-state index in [1.54, 1.807) is 0 Å². The summed E-state index contributed by atoms with van der Waals surface area (Å²) in [6.45, 7) is 8.64. The highest BCUT2D eigenvalue weighted by molar-refractivity contribution is 7.88. The van der Waals surface area contributed by atoms with E-state index in [0.29, 0.717) is 6.61 Å². The van der Waals surface area contributed by atoms with E-state index < -0.39 is 10.0 Å². The molecule has 0 amide bonds. The first-order chi connectivity index (χ1) is 8.28. The fourth-order valence-corrected chi connectivity index (χ4v) is 2.03. The molecule has 110 valence electrons. The molecule has 0 aliphatic carbocycles. The fourth-order valence-electron chi connectivity index (χ4n) is 1.54. The SMILES string of the molecule is CCC(CC)OCC(CNS(C)(=O)=O)OC(C)C. The van der Waals surface area contributed by atoms with Gasteiger partial charge in [-0.05, 0) is 26.7 Å². The van der Waals surface area contributed by atoms with Crippen LogP contribution in [0.2, 0.25) is 0 Å². The van der Waals surface area contributed by atoms with E-state index >= 15 is 0 Å². The molecule has 0 aromatic carbocycles. The van der Waals surface area contributed by atoms with E-state index in [9.17, 15) is 8.42 Å². The largest absolute Gasteiger partial charge is 0.375 e. The average molecular weight is 281 g/mol. The summed E-state index contributed by atoms with van der Waals surface area (Å²) in [4.78, 5) is 0. The summed E-state index contributed by atoms with van der Waals surface area (Å²) in [7, 11) is -3.19. The minimum atomic E-state index is -3.19. The van der Waals surface area contributed by atoms with Crippen molar-refractivity contribution in [2.45, 2.75) is 58.8 Å².